The highest BCUT2D eigenvalue weighted by atomic mass is 28.3. The van der Waals surface area contributed by atoms with E-state index in [0.29, 0.717) is 47.7 Å². The number of carbonyl (C=O) groups is 2. The average molecular weight is 709 g/mol. The van der Waals surface area contributed by atoms with Gasteiger partial charge in [-0.15, -0.1) is 5.10 Å². The zero-order chi connectivity index (χ0) is 36.2. The Morgan fingerprint density at radius 2 is 1.64 bits per heavy atom. The number of carbonyl (C=O) groups excluding carboxylic acids is 2. The average Bonchev–Trinajstić information content (AvgIpc) is 3.63. The maximum atomic E-state index is 15.9. The summed E-state index contributed by atoms with van der Waals surface area (Å²) in [4.78, 5) is 31.8. The number of hydrogen-bond acceptors (Lipinski definition) is 7. The largest absolute Gasteiger partial charge is 0.364 e. The van der Waals surface area contributed by atoms with Crippen LogP contribution in [0.3, 0.4) is 0 Å². The molecule has 2 saturated carbocycles. The van der Waals surface area contributed by atoms with E-state index < -0.39 is 25.8 Å². The van der Waals surface area contributed by atoms with Crippen LogP contribution in [0.25, 0.3) is 11.1 Å². The lowest BCUT2D eigenvalue weighted by Gasteiger charge is -2.41. The van der Waals surface area contributed by atoms with Gasteiger partial charge in [0.2, 0.25) is 11.9 Å². The summed E-state index contributed by atoms with van der Waals surface area (Å²) in [7, 11) is -1.23. The van der Waals surface area contributed by atoms with Crippen molar-refractivity contribution in [2.24, 2.45) is 23.5 Å². The van der Waals surface area contributed by atoms with Crippen LogP contribution in [-0.4, -0.2) is 56.3 Å². The Labute approximate surface area is 297 Å². The van der Waals surface area contributed by atoms with Crippen molar-refractivity contribution in [3.05, 3.63) is 40.9 Å². The first-order valence-electron chi connectivity index (χ1n) is 18.6. The van der Waals surface area contributed by atoms with E-state index in [1.807, 2.05) is 27.7 Å². The van der Waals surface area contributed by atoms with Gasteiger partial charge in [-0.05, 0) is 63.6 Å². The predicted octanol–water partition coefficient (Wildman–Crippen LogP) is 7.78. The van der Waals surface area contributed by atoms with Crippen LogP contribution in [0.1, 0.15) is 118 Å². The molecule has 0 unspecified atom stereocenters. The number of primary amides is 1. The molecule has 2 fully saturated rings. The van der Waals surface area contributed by atoms with E-state index in [1.165, 1.54) is 17.5 Å². The quantitative estimate of drug-likeness (QED) is 0.0989. The summed E-state index contributed by atoms with van der Waals surface area (Å²) in [5, 5.41) is 16.4. The molecule has 1 atom stereocenters. The second-order valence-electron chi connectivity index (χ2n) is 16.0. The maximum absolute atomic E-state index is 15.9. The zero-order valence-corrected chi connectivity index (χ0v) is 32.1. The lowest BCUT2D eigenvalue weighted by molar-refractivity contribution is -0.120. The third kappa shape index (κ3) is 8.70. The van der Waals surface area contributed by atoms with Crippen LogP contribution in [0, 0.1) is 37.5 Å². The number of halogens is 1. The van der Waals surface area contributed by atoms with Gasteiger partial charge in [0.1, 0.15) is 18.2 Å². The molecular formula is C37H57FN8O3Si. The van der Waals surface area contributed by atoms with E-state index >= 15 is 4.39 Å². The molecule has 0 spiro atoms. The first kappa shape index (κ1) is 37.8. The highest BCUT2D eigenvalue weighted by molar-refractivity contribution is 6.76. The molecule has 0 bridgehead atoms. The number of nitrogens with one attached hydrogen (secondary N) is 1. The number of aromatic nitrogens is 6. The Bertz CT molecular complexity index is 1620. The number of anilines is 1. The minimum absolute atomic E-state index is 0.0563. The number of nitrogens with two attached hydrogens (primary N) is 1. The summed E-state index contributed by atoms with van der Waals surface area (Å²) < 4.78 is 25.1. The van der Waals surface area contributed by atoms with E-state index in [4.69, 9.17) is 10.5 Å². The molecule has 3 aromatic rings. The van der Waals surface area contributed by atoms with Gasteiger partial charge in [0.15, 0.2) is 5.69 Å². The summed E-state index contributed by atoms with van der Waals surface area (Å²) in [6.45, 7) is 15.4. The maximum Gasteiger partial charge on any atom is 0.268 e. The second kappa shape index (κ2) is 16.3. The van der Waals surface area contributed by atoms with Crippen molar-refractivity contribution in [3.8, 4) is 11.1 Å². The van der Waals surface area contributed by atoms with Gasteiger partial charge in [-0.1, -0.05) is 89.1 Å². The van der Waals surface area contributed by atoms with Crippen molar-refractivity contribution in [2.45, 2.75) is 136 Å². The number of nitrogens with zero attached hydrogens (tertiary/aromatic N) is 6. The topological polar surface area (TPSA) is 143 Å². The first-order valence-corrected chi connectivity index (χ1v) is 22.3. The van der Waals surface area contributed by atoms with Gasteiger partial charge < -0.3 is 15.8 Å². The fourth-order valence-electron chi connectivity index (χ4n) is 8.20. The van der Waals surface area contributed by atoms with E-state index in [2.05, 4.69) is 45.4 Å². The SMILES string of the molecule is Cc1nn(COCC[Si](C)(C)C)c(C)c1-c1ccc(NC(=O)[C@H](c2nnn(C(C)C)c2C(N)=O)C(C2CCCCC2)C2CCCCC2)nc1F. The Hall–Kier alpha value is -3.45. The summed E-state index contributed by atoms with van der Waals surface area (Å²) in [5.74, 6) is -1.89. The standard InChI is InChI=1S/C37H57FN8O3Si/c1-23(2)46-34(36(39)47)33(42-44-46)32(31(26-14-10-8-11-15-26)27-16-12-9-13-17-27)37(48)41-29-19-18-28(35(38)40-29)30-24(3)43-45(25(30)4)22-49-20-21-50(5,6)7/h18-19,23,26-27,31-32H,8-17,20-22H2,1-7H3,(H2,39,47)(H,40,41,48)/t32-/m0/s1. The molecular weight excluding hydrogens is 652 g/mol. The second-order valence-corrected chi connectivity index (χ2v) is 21.6. The van der Waals surface area contributed by atoms with Crippen LogP contribution >= 0.6 is 0 Å². The monoisotopic (exact) mass is 708 g/mol. The molecule has 2 aliphatic carbocycles. The third-order valence-corrected chi connectivity index (χ3v) is 12.5. The molecule has 0 aromatic carbocycles. The molecule has 2 aliphatic rings. The van der Waals surface area contributed by atoms with E-state index in [1.54, 1.807) is 16.8 Å². The van der Waals surface area contributed by atoms with E-state index in [-0.39, 0.29) is 29.4 Å². The first-order chi connectivity index (χ1) is 23.8. The molecule has 5 rings (SSSR count). The lowest BCUT2D eigenvalue weighted by Crippen LogP contribution is -2.39. The van der Waals surface area contributed by atoms with E-state index in [0.717, 1.165) is 63.1 Å². The number of hydrogen-bond donors (Lipinski definition) is 2. The molecule has 11 nitrogen and oxygen atoms in total. The molecule has 3 heterocycles. The van der Waals surface area contributed by atoms with E-state index in [9.17, 15) is 9.59 Å². The van der Waals surface area contributed by atoms with Gasteiger partial charge >= 0.3 is 0 Å². The normalized spacial score (nSPS) is 17.1. The van der Waals surface area contributed by atoms with Crippen molar-refractivity contribution in [1.29, 1.82) is 0 Å². The van der Waals surface area contributed by atoms with Crippen LogP contribution in [0.2, 0.25) is 25.7 Å². The molecule has 0 aliphatic heterocycles. The number of ether oxygens (including phenoxy) is 1. The number of amides is 2. The van der Waals surface area contributed by atoms with Gasteiger partial charge in [-0.25, -0.2) is 14.3 Å². The zero-order valence-electron chi connectivity index (χ0n) is 31.1. The minimum atomic E-state index is -1.23. The van der Waals surface area contributed by atoms with Crippen LogP contribution in [0.5, 0.6) is 0 Å². The van der Waals surface area contributed by atoms with Crippen LogP contribution in [-0.2, 0) is 16.3 Å². The van der Waals surface area contributed by atoms with Gasteiger partial charge in [0, 0.05) is 37.5 Å². The molecule has 13 heteroatoms. The molecule has 2 amide bonds. The fourth-order valence-corrected chi connectivity index (χ4v) is 8.96. The fraction of sp³-hybridized carbons (Fsp3) is 0.676. The summed E-state index contributed by atoms with van der Waals surface area (Å²) in [6.07, 6.45) is 10.9. The third-order valence-electron chi connectivity index (χ3n) is 10.8. The highest BCUT2D eigenvalue weighted by Gasteiger charge is 2.44. The van der Waals surface area contributed by atoms with Gasteiger partial charge in [-0.2, -0.15) is 9.49 Å². The molecule has 3 aromatic heterocycles. The van der Waals surface area contributed by atoms with Gasteiger partial charge in [0.25, 0.3) is 5.91 Å². The molecule has 0 radical (unpaired) electrons. The van der Waals surface area contributed by atoms with Crippen LogP contribution in [0.15, 0.2) is 12.1 Å². The minimum Gasteiger partial charge on any atom is -0.364 e. The molecule has 50 heavy (non-hydrogen) atoms. The van der Waals surface area contributed by atoms with Crippen molar-refractivity contribution < 1.29 is 18.7 Å². The summed E-state index contributed by atoms with van der Waals surface area (Å²) in [6, 6.07) is 4.14. The van der Waals surface area contributed by atoms with Crippen molar-refractivity contribution in [3.63, 3.8) is 0 Å². The van der Waals surface area contributed by atoms with Gasteiger partial charge in [0.05, 0.1) is 11.6 Å². The van der Waals surface area contributed by atoms with Crippen molar-refractivity contribution in [2.75, 3.05) is 11.9 Å². The molecule has 3 N–H and O–H groups in total. The highest BCUT2D eigenvalue weighted by Crippen LogP contribution is 2.47. The number of pyridine rings is 1. The van der Waals surface area contributed by atoms with Crippen LogP contribution in [0.4, 0.5) is 10.2 Å². The smallest absolute Gasteiger partial charge is 0.268 e. The number of aryl methyl sites for hydroxylation is 1. The summed E-state index contributed by atoms with van der Waals surface area (Å²) in [5.41, 5.74) is 8.86. The Morgan fingerprint density at radius 3 is 2.18 bits per heavy atom. The lowest BCUT2D eigenvalue weighted by atomic mass is 9.63. The Morgan fingerprint density at radius 1 is 1.02 bits per heavy atom. The predicted molar refractivity (Wildman–Crippen MR) is 196 cm³/mol. The van der Waals surface area contributed by atoms with Crippen LogP contribution < -0.4 is 11.1 Å². The Kier molecular flexibility index (Phi) is 12.3. The van der Waals surface area contributed by atoms with Crippen molar-refractivity contribution >= 4 is 25.7 Å². The van der Waals surface area contributed by atoms with Gasteiger partial charge in [-0.3, -0.25) is 9.59 Å². The molecule has 274 valence electrons. The van der Waals surface area contributed by atoms with Crippen molar-refractivity contribution in [1.82, 2.24) is 29.8 Å². The number of rotatable bonds is 14. The Balaban J connectivity index is 1.47. The summed E-state index contributed by atoms with van der Waals surface area (Å²) >= 11 is 0. The molecule has 0 saturated heterocycles.